The van der Waals surface area contributed by atoms with Crippen LogP contribution in [0.1, 0.15) is 42.8 Å². The number of thiazole rings is 1. The fourth-order valence-corrected chi connectivity index (χ4v) is 3.87. The number of aryl methyl sites for hydroxylation is 1. The molecule has 1 aromatic rings. The Morgan fingerprint density at radius 1 is 1.39 bits per heavy atom. The Hall–Kier alpha value is -0.980. The van der Waals surface area contributed by atoms with Crippen molar-refractivity contribution in [3.63, 3.8) is 0 Å². The molecule has 0 aromatic carbocycles. The topological polar surface area (TPSA) is 51.7 Å². The van der Waals surface area contributed by atoms with Crippen LogP contribution in [-0.4, -0.2) is 48.3 Å². The molecule has 128 valence electrons. The number of piperidine rings is 1. The van der Waals surface area contributed by atoms with Crippen LogP contribution in [0.5, 0.6) is 0 Å². The molecule has 1 atom stereocenters. The summed E-state index contributed by atoms with van der Waals surface area (Å²) < 4.78 is 11.1. The van der Waals surface area contributed by atoms with Crippen LogP contribution in [0.4, 0.5) is 0 Å². The second-order valence-corrected chi connectivity index (χ2v) is 7.59. The molecule has 2 saturated heterocycles. The number of hydrogen-bond donors (Lipinski definition) is 0. The van der Waals surface area contributed by atoms with Crippen molar-refractivity contribution in [1.29, 1.82) is 0 Å². The molecule has 0 N–H and O–H groups in total. The Morgan fingerprint density at radius 2 is 2.22 bits per heavy atom. The highest BCUT2D eigenvalue weighted by molar-refractivity contribution is 7.09. The van der Waals surface area contributed by atoms with E-state index in [1.165, 1.54) is 6.42 Å². The number of rotatable bonds is 5. The number of hydrogen-bond acceptors (Lipinski definition) is 6. The highest BCUT2D eigenvalue weighted by atomic mass is 32.1. The minimum Gasteiger partial charge on any atom is -0.463 e. The van der Waals surface area contributed by atoms with E-state index >= 15 is 0 Å². The second-order valence-electron chi connectivity index (χ2n) is 6.53. The molecule has 3 heterocycles. The molecule has 2 aliphatic heterocycles. The van der Waals surface area contributed by atoms with Crippen LogP contribution in [0.2, 0.25) is 0 Å². The zero-order chi connectivity index (χ0) is 16.1. The third-order valence-corrected chi connectivity index (χ3v) is 5.48. The van der Waals surface area contributed by atoms with Crippen LogP contribution in [0.3, 0.4) is 0 Å². The van der Waals surface area contributed by atoms with Crippen molar-refractivity contribution >= 4 is 17.3 Å². The van der Waals surface area contributed by atoms with Crippen molar-refractivity contribution in [2.24, 2.45) is 5.92 Å². The molecule has 1 unspecified atom stereocenters. The fraction of sp³-hybridized carbons (Fsp3) is 0.765. The van der Waals surface area contributed by atoms with E-state index in [2.05, 4.69) is 15.3 Å². The lowest BCUT2D eigenvalue weighted by atomic mass is 9.97. The van der Waals surface area contributed by atoms with Crippen LogP contribution in [0.25, 0.3) is 0 Å². The molecule has 2 aliphatic rings. The van der Waals surface area contributed by atoms with Gasteiger partial charge in [-0.1, -0.05) is 0 Å². The Bertz CT molecular complexity index is 506. The molecule has 6 heteroatoms. The smallest absolute Gasteiger partial charge is 0.309 e. The Morgan fingerprint density at radius 3 is 2.87 bits per heavy atom. The summed E-state index contributed by atoms with van der Waals surface area (Å²) in [5.74, 6) is 0.00957. The van der Waals surface area contributed by atoms with Crippen molar-refractivity contribution in [1.82, 2.24) is 9.88 Å². The van der Waals surface area contributed by atoms with Crippen LogP contribution >= 0.6 is 11.3 Å². The third kappa shape index (κ3) is 4.99. The molecule has 2 fully saturated rings. The summed E-state index contributed by atoms with van der Waals surface area (Å²) in [5, 5.41) is 3.24. The number of ether oxygens (including phenoxy) is 2. The molecule has 1 aromatic heterocycles. The molecule has 0 amide bonds. The fourth-order valence-electron chi connectivity index (χ4n) is 3.27. The highest BCUT2D eigenvalue weighted by Crippen LogP contribution is 2.21. The molecular weight excluding hydrogens is 312 g/mol. The largest absolute Gasteiger partial charge is 0.463 e. The number of likely N-dealkylation sites (tertiary alicyclic amines) is 1. The quantitative estimate of drug-likeness (QED) is 0.773. The molecule has 0 spiro atoms. The van der Waals surface area contributed by atoms with Crippen LogP contribution in [0.15, 0.2) is 5.38 Å². The van der Waals surface area contributed by atoms with Crippen molar-refractivity contribution in [3.05, 3.63) is 16.1 Å². The predicted octanol–water partition coefficient (Wildman–Crippen LogP) is 2.78. The summed E-state index contributed by atoms with van der Waals surface area (Å²) in [4.78, 5) is 19.1. The summed E-state index contributed by atoms with van der Waals surface area (Å²) >= 11 is 1.69. The number of nitrogens with zero attached hydrogens (tertiary/aromatic N) is 2. The first kappa shape index (κ1) is 16.9. The highest BCUT2D eigenvalue weighted by Gasteiger charge is 2.27. The summed E-state index contributed by atoms with van der Waals surface area (Å²) in [6.45, 7) is 6.04. The molecule has 0 aliphatic carbocycles. The normalized spacial score (nSPS) is 23.8. The standard InChI is InChI=1S/C17H26N2O3S/c1-13-18-15(12-23-13)10-19-7-5-14(6-8-19)17(20)22-11-16-4-2-3-9-21-16/h12,14,16H,2-11H2,1H3. The summed E-state index contributed by atoms with van der Waals surface area (Å²) in [7, 11) is 0. The molecule has 23 heavy (non-hydrogen) atoms. The molecule has 0 saturated carbocycles. The SMILES string of the molecule is Cc1nc(CN2CCC(C(=O)OCC3CCCCO3)CC2)cs1. The van der Waals surface area contributed by atoms with Gasteiger partial charge in [0, 0.05) is 18.5 Å². The summed E-state index contributed by atoms with van der Waals surface area (Å²) in [5.41, 5.74) is 1.14. The van der Waals surface area contributed by atoms with Gasteiger partial charge in [0.1, 0.15) is 6.61 Å². The van der Waals surface area contributed by atoms with E-state index in [0.29, 0.717) is 6.61 Å². The van der Waals surface area contributed by atoms with E-state index in [1.54, 1.807) is 11.3 Å². The minimum atomic E-state index is -0.0386. The van der Waals surface area contributed by atoms with Crippen LogP contribution in [0, 0.1) is 12.8 Å². The van der Waals surface area contributed by atoms with Crippen molar-refractivity contribution < 1.29 is 14.3 Å². The molecule has 5 nitrogen and oxygen atoms in total. The van der Waals surface area contributed by atoms with Crippen LogP contribution < -0.4 is 0 Å². The average molecular weight is 338 g/mol. The zero-order valence-electron chi connectivity index (χ0n) is 13.8. The minimum absolute atomic E-state index is 0.0386. The lowest BCUT2D eigenvalue weighted by molar-refractivity contribution is -0.155. The van der Waals surface area contributed by atoms with Gasteiger partial charge in [-0.15, -0.1) is 11.3 Å². The zero-order valence-corrected chi connectivity index (χ0v) is 14.6. The Labute approximate surface area is 142 Å². The van der Waals surface area contributed by atoms with Gasteiger partial charge < -0.3 is 9.47 Å². The lowest BCUT2D eigenvalue weighted by Gasteiger charge is -2.30. The van der Waals surface area contributed by atoms with Crippen molar-refractivity contribution in [2.75, 3.05) is 26.3 Å². The van der Waals surface area contributed by atoms with Gasteiger partial charge in [0.05, 0.1) is 22.7 Å². The summed E-state index contributed by atoms with van der Waals surface area (Å²) in [6, 6.07) is 0. The number of esters is 1. The molecule has 3 rings (SSSR count). The van der Waals surface area contributed by atoms with Gasteiger partial charge in [0.25, 0.3) is 0 Å². The van der Waals surface area contributed by atoms with Gasteiger partial charge in [-0.3, -0.25) is 9.69 Å². The maximum atomic E-state index is 12.2. The van der Waals surface area contributed by atoms with E-state index in [0.717, 1.165) is 62.6 Å². The van der Waals surface area contributed by atoms with E-state index in [1.807, 2.05) is 6.92 Å². The first-order valence-electron chi connectivity index (χ1n) is 8.62. The van der Waals surface area contributed by atoms with Crippen LogP contribution in [-0.2, 0) is 20.8 Å². The van der Waals surface area contributed by atoms with E-state index in [-0.39, 0.29) is 18.0 Å². The maximum Gasteiger partial charge on any atom is 0.309 e. The van der Waals surface area contributed by atoms with Gasteiger partial charge in [0.15, 0.2) is 0 Å². The maximum absolute atomic E-state index is 12.2. The lowest BCUT2D eigenvalue weighted by Crippen LogP contribution is -2.37. The molecule has 0 bridgehead atoms. The number of carbonyl (C=O) groups is 1. The molecule has 0 radical (unpaired) electrons. The Balaban J connectivity index is 1.37. The second kappa shape index (κ2) is 8.22. The monoisotopic (exact) mass is 338 g/mol. The van der Waals surface area contributed by atoms with Gasteiger partial charge in [-0.2, -0.15) is 0 Å². The van der Waals surface area contributed by atoms with E-state index in [4.69, 9.17) is 9.47 Å². The van der Waals surface area contributed by atoms with Gasteiger partial charge in [0.2, 0.25) is 0 Å². The summed E-state index contributed by atoms with van der Waals surface area (Å²) in [6.07, 6.45) is 5.19. The average Bonchev–Trinajstić information content (AvgIpc) is 2.99. The van der Waals surface area contributed by atoms with Crippen molar-refractivity contribution in [2.45, 2.75) is 51.7 Å². The third-order valence-electron chi connectivity index (χ3n) is 4.66. The van der Waals surface area contributed by atoms with E-state index < -0.39 is 0 Å². The number of carbonyl (C=O) groups excluding carboxylic acids is 1. The predicted molar refractivity (Wildman–Crippen MR) is 89.4 cm³/mol. The Kier molecular flexibility index (Phi) is 6.02. The van der Waals surface area contributed by atoms with Gasteiger partial charge >= 0.3 is 5.97 Å². The van der Waals surface area contributed by atoms with Gasteiger partial charge in [-0.05, 0) is 52.1 Å². The van der Waals surface area contributed by atoms with E-state index in [9.17, 15) is 4.79 Å². The first-order valence-corrected chi connectivity index (χ1v) is 9.50. The molecular formula is C17H26N2O3S. The van der Waals surface area contributed by atoms with Gasteiger partial charge in [-0.25, -0.2) is 4.98 Å². The van der Waals surface area contributed by atoms with Crippen molar-refractivity contribution in [3.8, 4) is 0 Å². The number of aromatic nitrogens is 1. The first-order chi connectivity index (χ1) is 11.2.